The van der Waals surface area contributed by atoms with E-state index in [0.29, 0.717) is 10.6 Å². The zero-order valence-electron chi connectivity index (χ0n) is 11.8. The lowest BCUT2D eigenvalue weighted by Gasteiger charge is -2.19. The third-order valence-electron chi connectivity index (χ3n) is 3.20. The van der Waals surface area contributed by atoms with Gasteiger partial charge in [0.25, 0.3) is 5.91 Å². The number of hydrogen-bond donors (Lipinski definition) is 1. The average Bonchev–Trinajstić information content (AvgIpc) is 2.48. The zero-order valence-corrected chi connectivity index (χ0v) is 14.2. The molecule has 0 fully saturated rings. The SMILES string of the molecule is Cc1ccc(Br)c(C(=O)N(C)c2ccc(C(N)=S)cc2)c1. The van der Waals surface area contributed by atoms with Crippen LogP contribution >= 0.6 is 28.1 Å². The molecule has 2 aromatic carbocycles. The van der Waals surface area contributed by atoms with E-state index in [1.54, 1.807) is 11.9 Å². The van der Waals surface area contributed by atoms with E-state index in [-0.39, 0.29) is 5.91 Å². The average molecular weight is 363 g/mol. The quantitative estimate of drug-likeness (QED) is 0.847. The van der Waals surface area contributed by atoms with Crippen molar-refractivity contribution in [2.24, 2.45) is 5.73 Å². The molecular formula is C16H15BrN2OS. The third kappa shape index (κ3) is 3.49. The lowest BCUT2D eigenvalue weighted by atomic mass is 10.1. The highest BCUT2D eigenvalue weighted by atomic mass is 79.9. The van der Waals surface area contributed by atoms with Gasteiger partial charge in [-0.05, 0) is 59.3 Å². The summed E-state index contributed by atoms with van der Waals surface area (Å²) in [6.07, 6.45) is 0. The van der Waals surface area contributed by atoms with Crippen LogP contribution in [0.25, 0.3) is 0 Å². The van der Waals surface area contributed by atoms with E-state index in [4.69, 9.17) is 18.0 Å². The number of carbonyl (C=O) groups is 1. The Balaban J connectivity index is 2.30. The first-order valence-corrected chi connectivity index (χ1v) is 7.54. The minimum absolute atomic E-state index is 0.0753. The molecular weight excluding hydrogens is 348 g/mol. The maximum atomic E-state index is 12.6. The molecule has 5 heteroatoms. The van der Waals surface area contributed by atoms with E-state index in [9.17, 15) is 4.79 Å². The van der Waals surface area contributed by atoms with Gasteiger partial charge in [0, 0.05) is 22.8 Å². The Hall–Kier alpha value is -1.72. The van der Waals surface area contributed by atoms with Crippen molar-refractivity contribution >= 4 is 44.7 Å². The van der Waals surface area contributed by atoms with Crippen molar-refractivity contribution in [1.82, 2.24) is 0 Å². The molecule has 0 radical (unpaired) electrons. The monoisotopic (exact) mass is 362 g/mol. The molecule has 0 aliphatic carbocycles. The molecule has 0 unspecified atom stereocenters. The lowest BCUT2D eigenvalue weighted by molar-refractivity contribution is 0.0992. The van der Waals surface area contributed by atoms with Crippen molar-refractivity contribution in [3.63, 3.8) is 0 Å². The maximum Gasteiger partial charge on any atom is 0.259 e. The summed E-state index contributed by atoms with van der Waals surface area (Å²) < 4.78 is 0.782. The molecule has 0 aliphatic rings. The molecule has 2 N–H and O–H groups in total. The van der Waals surface area contributed by atoms with E-state index in [2.05, 4.69) is 15.9 Å². The number of thiocarbonyl (C=S) groups is 1. The molecule has 0 aromatic heterocycles. The molecule has 3 nitrogen and oxygen atoms in total. The summed E-state index contributed by atoms with van der Waals surface area (Å²) >= 11 is 8.34. The Morgan fingerprint density at radius 1 is 1.19 bits per heavy atom. The summed E-state index contributed by atoms with van der Waals surface area (Å²) in [7, 11) is 1.74. The van der Waals surface area contributed by atoms with Gasteiger partial charge in [0.2, 0.25) is 0 Å². The van der Waals surface area contributed by atoms with Gasteiger partial charge in [-0.2, -0.15) is 0 Å². The van der Waals surface area contributed by atoms with Gasteiger partial charge in [-0.1, -0.05) is 23.8 Å². The molecule has 1 amide bonds. The minimum atomic E-state index is -0.0753. The lowest BCUT2D eigenvalue weighted by Crippen LogP contribution is -2.26. The van der Waals surface area contributed by atoms with Crippen LogP contribution in [0.5, 0.6) is 0 Å². The summed E-state index contributed by atoms with van der Waals surface area (Å²) in [5, 5.41) is 0. The summed E-state index contributed by atoms with van der Waals surface area (Å²) in [5.74, 6) is -0.0753. The van der Waals surface area contributed by atoms with Crippen molar-refractivity contribution in [2.45, 2.75) is 6.92 Å². The van der Waals surface area contributed by atoms with Crippen LogP contribution in [0, 0.1) is 6.92 Å². The van der Waals surface area contributed by atoms with Gasteiger partial charge in [0.1, 0.15) is 4.99 Å². The first kappa shape index (κ1) is 15.7. The number of nitrogens with zero attached hydrogens (tertiary/aromatic N) is 1. The number of carbonyl (C=O) groups excluding carboxylic acids is 1. The van der Waals surface area contributed by atoms with Gasteiger partial charge in [0.15, 0.2) is 0 Å². The summed E-state index contributed by atoms with van der Waals surface area (Å²) in [4.78, 5) is 14.5. The Kier molecular flexibility index (Phi) is 4.75. The Labute approximate surface area is 137 Å². The molecule has 0 spiro atoms. The number of rotatable bonds is 3. The van der Waals surface area contributed by atoms with Crippen LogP contribution in [0.3, 0.4) is 0 Å². The fourth-order valence-electron chi connectivity index (χ4n) is 1.95. The molecule has 108 valence electrons. The Morgan fingerprint density at radius 2 is 1.81 bits per heavy atom. The van der Waals surface area contributed by atoms with Crippen molar-refractivity contribution in [2.75, 3.05) is 11.9 Å². The fraction of sp³-hybridized carbons (Fsp3) is 0.125. The number of anilines is 1. The van der Waals surface area contributed by atoms with E-state index in [1.165, 1.54) is 0 Å². The first-order chi connectivity index (χ1) is 9.90. The second-order valence-corrected chi connectivity index (χ2v) is 6.05. The van der Waals surface area contributed by atoms with Crippen LogP contribution in [0.1, 0.15) is 21.5 Å². The van der Waals surface area contributed by atoms with Crippen LogP contribution in [-0.2, 0) is 0 Å². The molecule has 0 aliphatic heterocycles. The number of benzene rings is 2. The molecule has 0 atom stereocenters. The highest BCUT2D eigenvalue weighted by Crippen LogP contribution is 2.22. The van der Waals surface area contributed by atoms with Crippen LogP contribution in [0.15, 0.2) is 46.9 Å². The number of hydrogen-bond acceptors (Lipinski definition) is 2. The third-order valence-corrected chi connectivity index (χ3v) is 4.12. The van der Waals surface area contributed by atoms with Crippen molar-refractivity contribution < 1.29 is 4.79 Å². The van der Waals surface area contributed by atoms with Gasteiger partial charge in [-0.15, -0.1) is 0 Å². The number of aryl methyl sites for hydroxylation is 1. The van der Waals surface area contributed by atoms with Gasteiger partial charge in [-0.25, -0.2) is 0 Å². The van der Waals surface area contributed by atoms with Crippen LogP contribution in [-0.4, -0.2) is 17.9 Å². The number of nitrogens with two attached hydrogens (primary N) is 1. The maximum absolute atomic E-state index is 12.6. The largest absolute Gasteiger partial charge is 0.389 e. The van der Waals surface area contributed by atoms with Crippen LogP contribution in [0.2, 0.25) is 0 Å². The molecule has 0 bridgehead atoms. The molecule has 2 rings (SSSR count). The predicted molar refractivity (Wildman–Crippen MR) is 93.9 cm³/mol. The Bertz CT molecular complexity index is 698. The van der Waals surface area contributed by atoms with Crippen molar-refractivity contribution in [1.29, 1.82) is 0 Å². The second-order valence-electron chi connectivity index (χ2n) is 4.76. The smallest absolute Gasteiger partial charge is 0.259 e. The van der Waals surface area contributed by atoms with Crippen LogP contribution < -0.4 is 10.6 Å². The number of halogens is 1. The van der Waals surface area contributed by atoms with E-state index < -0.39 is 0 Å². The topological polar surface area (TPSA) is 46.3 Å². The normalized spacial score (nSPS) is 10.2. The number of amides is 1. The van der Waals surface area contributed by atoms with Gasteiger partial charge in [0.05, 0.1) is 5.56 Å². The van der Waals surface area contributed by atoms with E-state index in [1.807, 2.05) is 49.4 Å². The molecule has 0 saturated heterocycles. The zero-order chi connectivity index (χ0) is 15.6. The molecule has 2 aromatic rings. The van der Waals surface area contributed by atoms with E-state index >= 15 is 0 Å². The summed E-state index contributed by atoms with van der Waals surface area (Å²) in [5.41, 5.74) is 8.82. The van der Waals surface area contributed by atoms with Gasteiger partial charge >= 0.3 is 0 Å². The fourth-order valence-corrected chi connectivity index (χ4v) is 2.50. The summed E-state index contributed by atoms with van der Waals surface area (Å²) in [6.45, 7) is 1.96. The van der Waals surface area contributed by atoms with Gasteiger partial charge < -0.3 is 10.6 Å². The Morgan fingerprint density at radius 3 is 2.38 bits per heavy atom. The highest BCUT2D eigenvalue weighted by molar-refractivity contribution is 9.10. The molecule has 21 heavy (non-hydrogen) atoms. The standard InChI is InChI=1S/C16H15BrN2OS/c1-10-3-8-14(17)13(9-10)16(20)19(2)12-6-4-11(5-7-12)15(18)21/h3-9H,1-2H3,(H2,18,21). The second kappa shape index (κ2) is 6.37. The highest BCUT2D eigenvalue weighted by Gasteiger charge is 2.16. The van der Waals surface area contributed by atoms with Crippen molar-refractivity contribution in [3.8, 4) is 0 Å². The van der Waals surface area contributed by atoms with Crippen molar-refractivity contribution in [3.05, 3.63) is 63.6 Å². The first-order valence-electron chi connectivity index (χ1n) is 6.34. The molecule has 0 heterocycles. The minimum Gasteiger partial charge on any atom is -0.389 e. The van der Waals surface area contributed by atoms with Crippen LogP contribution in [0.4, 0.5) is 5.69 Å². The van der Waals surface area contributed by atoms with Gasteiger partial charge in [-0.3, -0.25) is 4.79 Å². The van der Waals surface area contributed by atoms with E-state index in [0.717, 1.165) is 21.3 Å². The predicted octanol–water partition coefficient (Wildman–Crippen LogP) is 3.67. The summed E-state index contributed by atoms with van der Waals surface area (Å²) in [6, 6.07) is 13.0. The molecule has 0 saturated carbocycles.